The molecule has 2 rings (SSSR count). The third kappa shape index (κ3) is 4.46. The number of allylic oxidation sites excluding steroid dienone is 1. The summed E-state index contributed by atoms with van der Waals surface area (Å²) in [6, 6.07) is 16.5. The van der Waals surface area contributed by atoms with Gasteiger partial charge in [0, 0.05) is 19.2 Å². The molecule has 0 bridgehead atoms. The van der Waals surface area contributed by atoms with Crippen LogP contribution in [0.15, 0.2) is 71.8 Å². The van der Waals surface area contributed by atoms with Crippen LogP contribution >= 0.6 is 0 Å². The van der Waals surface area contributed by atoms with Gasteiger partial charge in [-0.05, 0) is 31.0 Å². The zero-order valence-corrected chi connectivity index (χ0v) is 14.8. The van der Waals surface area contributed by atoms with E-state index in [-0.39, 0.29) is 17.4 Å². The molecule has 4 nitrogen and oxygen atoms in total. The van der Waals surface area contributed by atoms with E-state index in [2.05, 4.69) is 0 Å². The third-order valence-corrected chi connectivity index (χ3v) is 5.67. The lowest BCUT2D eigenvalue weighted by Gasteiger charge is -2.16. The average Bonchev–Trinajstić information content (AvgIpc) is 2.59. The zero-order chi connectivity index (χ0) is 17.6. The summed E-state index contributed by atoms with van der Waals surface area (Å²) in [5.74, 6) is -0.0436. The van der Waals surface area contributed by atoms with Gasteiger partial charge in [0.25, 0.3) is 10.0 Å². The number of benzene rings is 2. The monoisotopic (exact) mass is 345 g/mol. The normalized spacial score (nSPS) is 13.1. The van der Waals surface area contributed by atoms with Crippen LogP contribution in [0, 0.1) is 6.92 Å². The van der Waals surface area contributed by atoms with E-state index in [1.54, 1.807) is 36.5 Å². The number of hydrogen-bond acceptors (Lipinski definition) is 3. The summed E-state index contributed by atoms with van der Waals surface area (Å²) in [5.41, 5.74) is 2.05. The van der Waals surface area contributed by atoms with Crippen LogP contribution in [-0.2, 0) is 10.0 Å². The molecule has 0 fully saturated rings. The third-order valence-electron chi connectivity index (χ3n) is 3.93. The smallest absolute Gasteiger partial charge is 0.263 e. The maximum atomic E-state index is 12.5. The first-order valence-corrected chi connectivity index (χ1v) is 9.26. The van der Waals surface area contributed by atoms with E-state index in [1.807, 2.05) is 37.3 Å². The van der Waals surface area contributed by atoms with Crippen LogP contribution in [0.25, 0.3) is 0 Å². The van der Waals surface area contributed by atoms with Crippen molar-refractivity contribution in [3.05, 3.63) is 78.0 Å². The standard InChI is InChI=1S/C19H23NO3S/c1-16-10-12-19(13-11-16)24(22,23)20(2)14-6-9-18(15-21)17-7-4-3-5-8-17/h3-8,10-14,18,21H,9,15H2,1-2H3/b14-6+. The molecule has 1 atom stereocenters. The molecular formula is C19H23NO3S. The molecule has 5 heteroatoms. The fourth-order valence-electron chi connectivity index (χ4n) is 2.37. The first-order valence-electron chi connectivity index (χ1n) is 7.82. The Morgan fingerprint density at radius 1 is 1.08 bits per heavy atom. The lowest BCUT2D eigenvalue weighted by molar-refractivity contribution is 0.266. The average molecular weight is 345 g/mol. The Morgan fingerprint density at radius 2 is 1.71 bits per heavy atom. The summed E-state index contributed by atoms with van der Waals surface area (Å²) in [7, 11) is -2.02. The maximum Gasteiger partial charge on any atom is 0.263 e. The SMILES string of the molecule is Cc1ccc(S(=O)(=O)N(C)/C=C/CC(CO)c2ccccc2)cc1. The summed E-state index contributed by atoms with van der Waals surface area (Å²) in [6.07, 6.45) is 3.88. The van der Waals surface area contributed by atoms with Crippen LogP contribution in [0.4, 0.5) is 0 Å². The topological polar surface area (TPSA) is 57.6 Å². The molecule has 1 N–H and O–H groups in total. The van der Waals surface area contributed by atoms with Gasteiger partial charge in [0.15, 0.2) is 0 Å². The molecule has 0 aliphatic rings. The van der Waals surface area contributed by atoms with Gasteiger partial charge >= 0.3 is 0 Å². The van der Waals surface area contributed by atoms with Crippen LogP contribution in [-0.4, -0.2) is 31.5 Å². The van der Waals surface area contributed by atoms with Crippen LogP contribution < -0.4 is 0 Å². The molecule has 2 aromatic carbocycles. The molecule has 1 unspecified atom stereocenters. The second-order valence-electron chi connectivity index (χ2n) is 5.74. The molecule has 0 heterocycles. The summed E-state index contributed by atoms with van der Waals surface area (Å²) >= 11 is 0. The van der Waals surface area contributed by atoms with E-state index in [1.165, 1.54) is 11.4 Å². The van der Waals surface area contributed by atoms with E-state index in [0.717, 1.165) is 11.1 Å². The zero-order valence-electron chi connectivity index (χ0n) is 14.0. The summed E-state index contributed by atoms with van der Waals surface area (Å²) < 4.78 is 26.2. The van der Waals surface area contributed by atoms with Crippen LogP contribution in [0.1, 0.15) is 23.5 Å². The van der Waals surface area contributed by atoms with E-state index in [9.17, 15) is 13.5 Å². The van der Waals surface area contributed by atoms with E-state index >= 15 is 0 Å². The largest absolute Gasteiger partial charge is 0.396 e. The van der Waals surface area contributed by atoms with Gasteiger partial charge in [-0.3, -0.25) is 4.31 Å². The van der Waals surface area contributed by atoms with Crippen molar-refractivity contribution in [3.63, 3.8) is 0 Å². The number of sulfonamides is 1. The van der Waals surface area contributed by atoms with Gasteiger partial charge in [0.2, 0.25) is 0 Å². The van der Waals surface area contributed by atoms with E-state index in [4.69, 9.17) is 0 Å². The second kappa shape index (κ2) is 8.13. The molecule has 0 aliphatic heterocycles. The molecule has 2 aromatic rings. The van der Waals surface area contributed by atoms with Crippen molar-refractivity contribution < 1.29 is 13.5 Å². The first kappa shape index (κ1) is 18.2. The van der Waals surface area contributed by atoms with E-state index in [0.29, 0.717) is 6.42 Å². The highest BCUT2D eigenvalue weighted by molar-refractivity contribution is 7.89. The highest BCUT2D eigenvalue weighted by Gasteiger charge is 2.17. The Hall–Kier alpha value is -2.11. The van der Waals surface area contributed by atoms with Crippen LogP contribution in [0.5, 0.6) is 0 Å². The van der Waals surface area contributed by atoms with Crippen molar-refractivity contribution in [2.24, 2.45) is 0 Å². The predicted octanol–water partition coefficient (Wildman–Crippen LogP) is 3.30. The Balaban J connectivity index is 2.06. The maximum absolute atomic E-state index is 12.5. The van der Waals surface area contributed by atoms with Gasteiger partial charge < -0.3 is 5.11 Å². The van der Waals surface area contributed by atoms with Crippen LogP contribution in [0.3, 0.4) is 0 Å². The quantitative estimate of drug-likeness (QED) is 0.838. The molecule has 0 saturated carbocycles. The van der Waals surface area contributed by atoms with Crippen molar-refractivity contribution in [2.75, 3.05) is 13.7 Å². The summed E-state index contributed by atoms with van der Waals surface area (Å²) in [6.45, 7) is 1.93. The van der Waals surface area contributed by atoms with Gasteiger partial charge in [0.1, 0.15) is 0 Å². The summed E-state index contributed by atoms with van der Waals surface area (Å²) in [5, 5.41) is 9.54. The predicted molar refractivity (Wildman–Crippen MR) is 96.2 cm³/mol. The second-order valence-corrected chi connectivity index (χ2v) is 7.74. The fraction of sp³-hybridized carbons (Fsp3) is 0.263. The fourth-order valence-corrected chi connectivity index (χ4v) is 3.43. The number of nitrogens with zero attached hydrogens (tertiary/aromatic N) is 1. The van der Waals surface area contributed by atoms with Crippen molar-refractivity contribution >= 4 is 10.0 Å². The minimum absolute atomic E-state index is 0.0166. The van der Waals surface area contributed by atoms with Gasteiger partial charge in [-0.2, -0.15) is 0 Å². The van der Waals surface area contributed by atoms with Gasteiger partial charge in [-0.25, -0.2) is 8.42 Å². The number of aliphatic hydroxyl groups is 1. The Labute approximate surface area is 144 Å². The highest BCUT2D eigenvalue weighted by atomic mass is 32.2. The van der Waals surface area contributed by atoms with E-state index < -0.39 is 10.0 Å². The van der Waals surface area contributed by atoms with Crippen molar-refractivity contribution in [1.29, 1.82) is 0 Å². The number of rotatable bonds is 7. The molecular weight excluding hydrogens is 322 g/mol. The minimum Gasteiger partial charge on any atom is -0.396 e. The molecule has 0 radical (unpaired) electrons. The van der Waals surface area contributed by atoms with Gasteiger partial charge in [-0.1, -0.05) is 54.1 Å². The Kier molecular flexibility index (Phi) is 6.17. The highest BCUT2D eigenvalue weighted by Crippen LogP contribution is 2.20. The van der Waals surface area contributed by atoms with Crippen LogP contribution in [0.2, 0.25) is 0 Å². The Bertz CT molecular complexity index is 768. The molecule has 128 valence electrons. The number of hydrogen-bond donors (Lipinski definition) is 1. The first-order chi connectivity index (χ1) is 11.4. The van der Waals surface area contributed by atoms with Gasteiger partial charge in [-0.15, -0.1) is 0 Å². The summed E-state index contributed by atoms with van der Waals surface area (Å²) in [4.78, 5) is 0.266. The van der Waals surface area contributed by atoms with Crippen molar-refractivity contribution in [1.82, 2.24) is 4.31 Å². The number of aliphatic hydroxyl groups excluding tert-OH is 1. The van der Waals surface area contributed by atoms with Crippen molar-refractivity contribution in [3.8, 4) is 0 Å². The molecule has 0 spiro atoms. The van der Waals surface area contributed by atoms with Crippen molar-refractivity contribution in [2.45, 2.75) is 24.2 Å². The number of aryl methyl sites for hydroxylation is 1. The Morgan fingerprint density at radius 3 is 2.29 bits per heavy atom. The molecule has 24 heavy (non-hydrogen) atoms. The van der Waals surface area contributed by atoms with Gasteiger partial charge in [0.05, 0.1) is 11.5 Å². The molecule has 0 amide bonds. The molecule has 0 saturated heterocycles. The lowest BCUT2D eigenvalue weighted by Crippen LogP contribution is -2.21. The molecule has 0 aliphatic carbocycles. The lowest BCUT2D eigenvalue weighted by atomic mass is 9.97. The minimum atomic E-state index is -3.54. The molecule has 0 aromatic heterocycles.